The van der Waals surface area contributed by atoms with E-state index >= 15 is 0 Å². The minimum atomic E-state index is -4.03. The summed E-state index contributed by atoms with van der Waals surface area (Å²) in [5.74, 6) is 0. The Labute approximate surface area is 211 Å². The fourth-order valence-electron chi connectivity index (χ4n) is 3.48. The van der Waals surface area contributed by atoms with Crippen molar-refractivity contribution in [3.05, 3.63) is 136 Å². The van der Waals surface area contributed by atoms with Gasteiger partial charge < -0.3 is 0 Å². The summed E-state index contributed by atoms with van der Waals surface area (Å²) in [6, 6.07) is 32.5. The summed E-state index contributed by atoms with van der Waals surface area (Å²) in [5, 5.41) is 12.1. The van der Waals surface area contributed by atoms with Crippen molar-refractivity contribution in [2.75, 3.05) is 0 Å². The number of rotatable bonds is 7. The molecule has 0 radical (unpaired) electrons. The summed E-state index contributed by atoms with van der Waals surface area (Å²) in [5.41, 5.74) is 2.19. The molecule has 0 aliphatic rings. The molecule has 34 heavy (non-hydrogen) atoms. The first-order valence-electron chi connectivity index (χ1n) is 10.6. The Kier molecular flexibility index (Phi) is 7.72. The van der Waals surface area contributed by atoms with E-state index in [1.54, 1.807) is 48.5 Å². The fourth-order valence-corrected chi connectivity index (χ4v) is 8.14. The zero-order valence-electron chi connectivity index (χ0n) is 18.4. The van der Waals surface area contributed by atoms with E-state index in [-0.39, 0.29) is 24.8 Å². The van der Waals surface area contributed by atoms with Crippen LogP contribution < -0.4 is 4.46 Å². The topological polar surface area (TPSA) is 54.4 Å². The van der Waals surface area contributed by atoms with Crippen molar-refractivity contribution in [3.63, 3.8) is 0 Å². The maximum absolute atomic E-state index is 14.1. The molecule has 4 aromatic carbocycles. The predicted molar refractivity (Wildman–Crippen MR) is 140 cm³/mol. The first-order valence-corrected chi connectivity index (χ1v) is 14.2. The van der Waals surface area contributed by atoms with Crippen LogP contribution in [-0.2, 0) is 9.84 Å². The third kappa shape index (κ3) is 5.52. The SMILES string of the molecule is Cc1ccc(S(=O)(=O)/C(=C(\[Se]c2ccccc2)c2ccccc2)C(O)c2ccc(Cl)cc2)cc1. The van der Waals surface area contributed by atoms with Gasteiger partial charge >= 0.3 is 213 Å². The van der Waals surface area contributed by atoms with Gasteiger partial charge in [0.05, 0.1) is 0 Å². The van der Waals surface area contributed by atoms with Crippen molar-refractivity contribution in [2.45, 2.75) is 17.9 Å². The molecule has 1 atom stereocenters. The average Bonchev–Trinajstić information content (AvgIpc) is 2.85. The summed E-state index contributed by atoms with van der Waals surface area (Å²) in [6.07, 6.45) is -1.36. The molecule has 3 nitrogen and oxygen atoms in total. The van der Waals surface area contributed by atoms with Crippen LogP contribution in [0, 0.1) is 6.92 Å². The summed E-state index contributed by atoms with van der Waals surface area (Å²) < 4.78 is 29.8. The Hall–Kier alpha value is -2.66. The normalized spacial score (nSPS) is 13.3. The molecule has 0 aromatic heterocycles. The number of aliphatic hydroxyl groups excluding tert-OH is 1. The Balaban J connectivity index is 2.01. The van der Waals surface area contributed by atoms with Crippen LogP contribution >= 0.6 is 11.6 Å². The van der Waals surface area contributed by atoms with Gasteiger partial charge in [0.15, 0.2) is 0 Å². The zero-order valence-corrected chi connectivity index (χ0v) is 21.7. The van der Waals surface area contributed by atoms with Gasteiger partial charge in [-0.3, -0.25) is 0 Å². The molecule has 0 aliphatic heterocycles. The van der Waals surface area contributed by atoms with E-state index in [1.807, 2.05) is 67.6 Å². The fraction of sp³-hybridized carbons (Fsp3) is 0.0714. The summed E-state index contributed by atoms with van der Waals surface area (Å²) >= 11 is 5.67. The van der Waals surface area contributed by atoms with Gasteiger partial charge in [0.2, 0.25) is 0 Å². The van der Waals surface area contributed by atoms with Crippen LogP contribution in [0.25, 0.3) is 4.47 Å². The molecular weight excluding hydrogens is 531 g/mol. The van der Waals surface area contributed by atoms with Crippen LogP contribution in [0.4, 0.5) is 0 Å². The Morgan fingerprint density at radius 2 is 1.35 bits per heavy atom. The van der Waals surface area contributed by atoms with E-state index < -0.39 is 15.9 Å². The van der Waals surface area contributed by atoms with Crippen LogP contribution in [-0.4, -0.2) is 28.5 Å². The third-order valence-electron chi connectivity index (χ3n) is 5.28. The zero-order chi connectivity index (χ0) is 24.1. The monoisotopic (exact) mass is 554 g/mol. The number of aryl methyl sites for hydroxylation is 1. The van der Waals surface area contributed by atoms with Crippen LogP contribution in [0.5, 0.6) is 0 Å². The second-order valence-corrected chi connectivity index (χ2v) is 12.4. The second kappa shape index (κ2) is 10.7. The summed E-state index contributed by atoms with van der Waals surface area (Å²) in [7, 11) is -4.03. The van der Waals surface area contributed by atoms with Crippen LogP contribution in [0.3, 0.4) is 0 Å². The molecule has 6 heteroatoms. The van der Waals surface area contributed by atoms with Crippen molar-refractivity contribution >= 4 is 45.3 Å². The number of sulfone groups is 1. The molecule has 172 valence electrons. The maximum atomic E-state index is 14.1. The van der Waals surface area contributed by atoms with E-state index in [0.717, 1.165) is 15.6 Å². The average molecular weight is 554 g/mol. The van der Waals surface area contributed by atoms with Gasteiger partial charge in [0.1, 0.15) is 0 Å². The van der Waals surface area contributed by atoms with Crippen LogP contribution in [0.1, 0.15) is 22.8 Å². The molecule has 1 unspecified atom stereocenters. The molecule has 0 heterocycles. The molecule has 0 amide bonds. The molecule has 0 fully saturated rings. The minimum absolute atomic E-state index is 0.00581. The number of halogens is 1. The molecule has 0 saturated heterocycles. The van der Waals surface area contributed by atoms with E-state index in [0.29, 0.717) is 15.1 Å². The molecule has 4 rings (SSSR count). The van der Waals surface area contributed by atoms with Crippen molar-refractivity contribution in [1.82, 2.24) is 0 Å². The van der Waals surface area contributed by atoms with Crippen molar-refractivity contribution in [3.8, 4) is 0 Å². The molecule has 1 N–H and O–H groups in total. The molecular formula is C28H23ClO3SSe. The first-order chi connectivity index (χ1) is 16.4. The molecule has 0 saturated carbocycles. The Morgan fingerprint density at radius 1 is 0.794 bits per heavy atom. The van der Waals surface area contributed by atoms with Crippen LogP contribution in [0.15, 0.2) is 119 Å². The quantitative estimate of drug-likeness (QED) is 0.305. The molecule has 0 bridgehead atoms. The van der Waals surface area contributed by atoms with Gasteiger partial charge in [-0.15, -0.1) is 0 Å². The standard InChI is InChI=1S/C28H23ClO3SSe/c1-20-12-18-24(19-13-20)33(31,32)27(26(30)21-14-16-23(29)17-15-21)28(22-8-4-2-5-9-22)34-25-10-6-3-7-11-25/h2-19,26,30H,1H3/b28-27-. The Morgan fingerprint density at radius 3 is 1.94 bits per heavy atom. The van der Waals surface area contributed by atoms with E-state index in [4.69, 9.17) is 11.6 Å². The van der Waals surface area contributed by atoms with Gasteiger partial charge in [-0.05, 0) is 0 Å². The summed E-state index contributed by atoms with van der Waals surface area (Å²) in [4.78, 5) is 0.145. The first kappa shape index (κ1) is 24.5. The molecule has 0 spiro atoms. The van der Waals surface area contributed by atoms with E-state index in [9.17, 15) is 13.5 Å². The van der Waals surface area contributed by atoms with Gasteiger partial charge in [-0.2, -0.15) is 0 Å². The Bertz CT molecular complexity index is 1380. The number of hydrogen-bond acceptors (Lipinski definition) is 3. The van der Waals surface area contributed by atoms with E-state index in [2.05, 4.69) is 0 Å². The third-order valence-corrected chi connectivity index (χ3v) is 10.2. The van der Waals surface area contributed by atoms with Gasteiger partial charge in [0, 0.05) is 0 Å². The van der Waals surface area contributed by atoms with Crippen molar-refractivity contribution in [1.29, 1.82) is 0 Å². The van der Waals surface area contributed by atoms with Gasteiger partial charge in [-0.1, -0.05) is 0 Å². The van der Waals surface area contributed by atoms with Gasteiger partial charge in [0.25, 0.3) is 0 Å². The predicted octanol–water partition coefficient (Wildman–Crippen LogP) is 5.55. The van der Waals surface area contributed by atoms with Crippen molar-refractivity contribution in [2.24, 2.45) is 0 Å². The van der Waals surface area contributed by atoms with Gasteiger partial charge in [-0.25, -0.2) is 0 Å². The molecule has 4 aromatic rings. The number of benzene rings is 4. The second-order valence-electron chi connectivity index (χ2n) is 7.75. The summed E-state index contributed by atoms with van der Waals surface area (Å²) in [6.45, 7) is 1.91. The molecule has 0 aliphatic carbocycles. The number of aliphatic hydroxyl groups is 1. The van der Waals surface area contributed by atoms with Crippen LogP contribution in [0.2, 0.25) is 5.02 Å². The van der Waals surface area contributed by atoms with E-state index in [1.165, 1.54) is 0 Å². The number of hydrogen-bond donors (Lipinski definition) is 1. The van der Waals surface area contributed by atoms with Crippen molar-refractivity contribution < 1.29 is 13.5 Å².